The molecule has 0 unspecified atom stereocenters. The molecule has 1 saturated heterocycles. The van der Waals surface area contributed by atoms with Crippen LogP contribution in [0, 0.1) is 21.4 Å². The highest BCUT2D eigenvalue weighted by atomic mass is 35.5. The number of hydrogen-bond donors (Lipinski definition) is 0. The molecule has 2 rings (SSSR count). The fourth-order valence-electron chi connectivity index (χ4n) is 2.03. The molecule has 1 aliphatic heterocycles. The van der Waals surface area contributed by atoms with Gasteiger partial charge in [-0.3, -0.25) is 19.8 Å². The van der Waals surface area contributed by atoms with Crippen molar-refractivity contribution in [2.75, 3.05) is 31.6 Å². The molecule has 1 amide bonds. The monoisotopic (exact) mass is 294 g/mol. The summed E-state index contributed by atoms with van der Waals surface area (Å²) in [6.45, 7) is 1.22. The second-order valence-electron chi connectivity index (χ2n) is 4.48. The maximum atomic E-state index is 12.0. The Morgan fingerprint density at radius 2 is 2.15 bits per heavy atom. The molecular weight excluding hydrogens is 284 g/mol. The molecule has 0 aromatic heterocycles. The molecule has 1 aromatic carbocycles. The summed E-state index contributed by atoms with van der Waals surface area (Å²) >= 11 is 6.01. The van der Waals surface area contributed by atoms with Gasteiger partial charge in [-0.25, -0.2) is 0 Å². The van der Waals surface area contributed by atoms with E-state index in [1.165, 1.54) is 11.0 Å². The summed E-state index contributed by atoms with van der Waals surface area (Å²) < 4.78 is 0. The number of rotatable bonds is 2. The van der Waals surface area contributed by atoms with Gasteiger partial charge in [-0.15, -0.1) is 0 Å². The fourth-order valence-corrected chi connectivity index (χ4v) is 2.31. The molecule has 1 aliphatic rings. The van der Waals surface area contributed by atoms with E-state index >= 15 is 0 Å². The predicted molar refractivity (Wildman–Crippen MR) is 72.7 cm³/mol. The summed E-state index contributed by atoms with van der Waals surface area (Å²) in [4.78, 5) is 25.5. The van der Waals surface area contributed by atoms with E-state index in [2.05, 4.69) is 0 Å². The second-order valence-corrected chi connectivity index (χ2v) is 4.86. The van der Waals surface area contributed by atoms with Crippen molar-refractivity contribution in [3.63, 3.8) is 0 Å². The van der Waals surface area contributed by atoms with E-state index in [4.69, 9.17) is 16.9 Å². The SMILES string of the molecule is CN1CCN(c2cc(C#N)cc([N+](=O)[O-])c2Cl)C(=O)C1. The molecule has 20 heavy (non-hydrogen) atoms. The first-order valence-electron chi connectivity index (χ1n) is 5.81. The van der Waals surface area contributed by atoms with Crippen LogP contribution in [0.5, 0.6) is 0 Å². The minimum absolute atomic E-state index is 0.0998. The van der Waals surface area contributed by atoms with Gasteiger partial charge in [0.1, 0.15) is 5.02 Å². The van der Waals surface area contributed by atoms with Crippen LogP contribution < -0.4 is 4.90 Å². The molecule has 0 atom stereocenters. The van der Waals surface area contributed by atoms with Crippen LogP contribution in [0.3, 0.4) is 0 Å². The Balaban J connectivity index is 2.51. The number of nitrogens with zero attached hydrogens (tertiary/aromatic N) is 4. The van der Waals surface area contributed by atoms with Gasteiger partial charge in [0.05, 0.1) is 28.8 Å². The first kappa shape index (κ1) is 14.2. The average Bonchev–Trinajstić information content (AvgIpc) is 2.39. The summed E-state index contributed by atoms with van der Waals surface area (Å²) in [5.74, 6) is -0.204. The van der Waals surface area contributed by atoms with Gasteiger partial charge in [0.15, 0.2) is 0 Å². The summed E-state index contributed by atoms with van der Waals surface area (Å²) in [6, 6.07) is 4.35. The van der Waals surface area contributed by atoms with Gasteiger partial charge in [0.2, 0.25) is 5.91 Å². The predicted octanol–water partition coefficient (Wildman–Crippen LogP) is 1.40. The maximum absolute atomic E-state index is 12.0. The Bertz CT molecular complexity index is 626. The lowest BCUT2D eigenvalue weighted by Crippen LogP contribution is -2.49. The van der Waals surface area contributed by atoms with Crippen molar-refractivity contribution in [2.45, 2.75) is 0 Å². The highest BCUT2D eigenvalue weighted by Crippen LogP contribution is 2.36. The number of halogens is 1. The standard InChI is InChI=1S/C12H11ClN4O3/c1-15-2-3-16(11(18)7-15)9-4-8(6-14)5-10(12(9)13)17(19)20/h4-5H,2-3,7H2,1H3. The minimum atomic E-state index is -0.660. The topological polar surface area (TPSA) is 90.5 Å². The van der Waals surface area contributed by atoms with Crippen LogP contribution in [-0.2, 0) is 4.79 Å². The van der Waals surface area contributed by atoms with E-state index in [0.717, 1.165) is 6.07 Å². The quantitative estimate of drug-likeness (QED) is 0.607. The van der Waals surface area contributed by atoms with Crippen LogP contribution in [-0.4, -0.2) is 42.4 Å². The van der Waals surface area contributed by atoms with E-state index in [1.54, 1.807) is 0 Å². The lowest BCUT2D eigenvalue weighted by Gasteiger charge is -2.32. The highest BCUT2D eigenvalue weighted by Gasteiger charge is 2.28. The Labute approximate surface area is 120 Å². The lowest BCUT2D eigenvalue weighted by atomic mass is 10.1. The number of amides is 1. The average molecular weight is 295 g/mol. The molecule has 0 radical (unpaired) electrons. The maximum Gasteiger partial charge on any atom is 0.291 e. The number of carbonyl (C=O) groups is 1. The zero-order valence-electron chi connectivity index (χ0n) is 10.7. The molecule has 0 N–H and O–H groups in total. The second kappa shape index (κ2) is 5.45. The van der Waals surface area contributed by atoms with Crippen molar-refractivity contribution in [1.82, 2.24) is 4.90 Å². The number of carbonyl (C=O) groups excluding carboxylic acids is 1. The summed E-state index contributed by atoms with van der Waals surface area (Å²) in [5, 5.41) is 19.8. The Morgan fingerprint density at radius 1 is 1.45 bits per heavy atom. The number of nitro benzene ring substituents is 1. The third kappa shape index (κ3) is 2.57. The molecule has 104 valence electrons. The number of hydrogen-bond acceptors (Lipinski definition) is 5. The van der Waals surface area contributed by atoms with Gasteiger partial charge in [0.25, 0.3) is 5.69 Å². The van der Waals surface area contributed by atoms with Crippen LogP contribution in [0.2, 0.25) is 5.02 Å². The normalized spacial score (nSPS) is 16.1. The van der Waals surface area contributed by atoms with E-state index in [0.29, 0.717) is 13.1 Å². The molecule has 0 aliphatic carbocycles. The number of nitriles is 1. The van der Waals surface area contributed by atoms with Crippen molar-refractivity contribution in [2.24, 2.45) is 0 Å². The molecule has 0 bridgehead atoms. The lowest BCUT2D eigenvalue weighted by molar-refractivity contribution is -0.384. The Kier molecular flexibility index (Phi) is 3.88. The highest BCUT2D eigenvalue weighted by molar-refractivity contribution is 6.36. The van der Waals surface area contributed by atoms with Crippen LogP contribution in [0.15, 0.2) is 12.1 Å². The van der Waals surface area contributed by atoms with Crippen LogP contribution >= 0.6 is 11.6 Å². The van der Waals surface area contributed by atoms with Crippen molar-refractivity contribution in [3.8, 4) is 6.07 Å². The van der Waals surface area contributed by atoms with E-state index in [-0.39, 0.29) is 34.4 Å². The van der Waals surface area contributed by atoms with Gasteiger partial charge in [-0.2, -0.15) is 5.26 Å². The molecule has 1 fully saturated rings. The zero-order chi connectivity index (χ0) is 14.9. The largest absolute Gasteiger partial charge is 0.308 e. The third-order valence-electron chi connectivity index (χ3n) is 3.06. The number of piperazine rings is 1. The van der Waals surface area contributed by atoms with Crippen molar-refractivity contribution < 1.29 is 9.72 Å². The Morgan fingerprint density at radius 3 is 2.70 bits per heavy atom. The minimum Gasteiger partial charge on any atom is -0.308 e. The van der Waals surface area contributed by atoms with Crippen LogP contribution in [0.25, 0.3) is 0 Å². The van der Waals surface area contributed by atoms with E-state index in [1.807, 2.05) is 18.0 Å². The van der Waals surface area contributed by atoms with Crippen LogP contribution in [0.4, 0.5) is 11.4 Å². The smallest absolute Gasteiger partial charge is 0.291 e. The molecule has 1 heterocycles. The summed E-state index contributed by atoms with van der Waals surface area (Å²) in [7, 11) is 1.81. The molecule has 8 heteroatoms. The number of benzene rings is 1. The first-order valence-corrected chi connectivity index (χ1v) is 6.18. The molecule has 0 spiro atoms. The van der Waals surface area contributed by atoms with Gasteiger partial charge in [-0.05, 0) is 13.1 Å². The first-order chi connectivity index (χ1) is 9.43. The molecule has 1 aromatic rings. The van der Waals surface area contributed by atoms with Gasteiger partial charge in [-0.1, -0.05) is 11.6 Å². The van der Waals surface area contributed by atoms with Crippen molar-refractivity contribution in [3.05, 3.63) is 32.8 Å². The zero-order valence-corrected chi connectivity index (χ0v) is 11.4. The number of likely N-dealkylation sites (N-methyl/N-ethyl adjacent to an activating group) is 1. The van der Waals surface area contributed by atoms with Crippen LogP contribution in [0.1, 0.15) is 5.56 Å². The van der Waals surface area contributed by atoms with Gasteiger partial charge < -0.3 is 4.90 Å². The third-order valence-corrected chi connectivity index (χ3v) is 3.45. The fraction of sp³-hybridized carbons (Fsp3) is 0.333. The molecule has 7 nitrogen and oxygen atoms in total. The molecule has 0 saturated carbocycles. The van der Waals surface area contributed by atoms with Gasteiger partial charge in [0, 0.05) is 19.2 Å². The molecular formula is C12H11ClN4O3. The summed E-state index contributed by atoms with van der Waals surface area (Å²) in [6.07, 6.45) is 0. The number of anilines is 1. The van der Waals surface area contributed by atoms with Gasteiger partial charge >= 0.3 is 0 Å². The van der Waals surface area contributed by atoms with Crippen molar-refractivity contribution >= 4 is 28.9 Å². The van der Waals surface area contributed by atoms with E-state index < -0.39 is 4.92 Å². The van der Waals surface area contributed by atoms with E-state index in [9.17, 15) is 14.9 Å². The summed E-state index contributed by atoms with van der Waals surface area (Å²) in [5.41, 5.74) is -0.0502. The number of nitro groups is 1. The Hall–Kier alpha value is -2.17. The van der Waals surface area contributed by atoms with Crippen molar-refractivity contribution in [1.29, 1.82) is 5.26 Å².